The minimum Gasteiger partial charge on any atom is -0.339 e. The molecule has 1 saturated carbocycles. The number of nitrogens with one attached hydrogen (secondary N) is 1. The molecule has 0 spiro atoms. The molecule has 2 aliphatic rings. The molecule has 1 N–H and O–H groups in total. The van der Waals surface area contributed by atoms with Gasteiger partial charge in [-0.2, -0.15) is 0 Å². The van der Waals surface area contributed by atoms with Crippen LogP contribution in [0.1, 0.15) is 59.3 Å². The minimum atomic E-state index is -0.113. The number of carbonyl (C=O) groups excluding carboxylic acids is 1. The first-order chi connectivity index (χ1) is 9.09. The summed E-state index contributed by atoms with van der Waals surface area (Å²) in [6.07, 6.45) is 6.76. The topological polar surface area (TPSA) is 32.3 Å². The van der Waals surface area contributed by atoms with Crippen molar-refractivity contribution in [2.45, 2.75) is 65.3 Å². The van der Waals surface area contributed by atoms with Crippen LogP contribution < -0.4 is 5.32 Å². The number of nitrogens with zero attached hydrogens (tertiary/aromatic N) is 1. The maximum Gasteiger partial charge on any atom is 0.230 e. The van der Waals surface area contributed by atoms with Crippen molar-refractivity contribution in [2.24, 2.45) is 11.3 Å². The summed E-state index contributed by atoms with van der Waals surface area (Å²) in [4.78, 5) is 15.2. The molecule has 1 unspecified atom stereocenters. The van der Waals surface area contributed by atoms with Crippen LogP contribution in [0.25, 0.3) is 0 Å². The average molecular weight is 266 g/mol. The van der Waals surface area contributed by atoms with Crippen LogP contribution in [-0.2, 0) is 4.79 Å². The zero-order chi connectivity index (χ0) is 13.9. The number of piperidine rings is 1. The van der Waals surface area contributed by atoms with E-state index in [0.29, 0.717) is 17.9 Å². The molecule has 1 amide bonds. The number of rotatable bonds is 6. The second kappa shape index (κ2) is 6.25. The highest BCUT2D eigenvalue weighted by Gasteiger charge is 2.44. The van der Waals surface area contributed by atoms with Crippen molar-refractivity contribution in [3.8, 4) is 0 Å². The van der Waals surface area contributed by atoms with Crippen LogP contribution in [0.2, 0.25) is 0 Å². The maximum atomic E-state index is 13.0. The third-order valence-corrected chi connectivity index (χ3v) is 4.80. The molecule has 19 heavy (non-hydrogen) atoms. The Morgan fingerprint density at radius 1 is 1.42 bits per heavy atom. The van der Waals surface area contributed by atoms with Gasteiger partial charge in [0.1, 0.15) is 0 Å². The van der Waals surface area contributed by atoms with Gasteiger partial charge in [-0.1, -0.05) is 20.8 Å². The summed E-state index contributed by atoms with van der Waals surface area (Å²) in [5, 5.41) is 3.44. The van der Waals surface area contributed by atoms with Crippen molar-refractivity contribution in [1.82, 2.24) is 10.2 Å². The molecule has 1 atom stereocenters. The third-order valence-electron chi connectivity index (χ3n) is 4.80. The Morgan fingerprint density at radius 2 is 2.16 bits per heavy atom. The smallest absolute Gasteiger partial charge is 0.230 e. The van der Waals surface area contributed by atoms with Gasteiger partial charge in [-0.3, -0.25) is 4.79 Å². The Kier molecular flexibility index (Phi) is 4.88. The zero-order valence-corrected chi connectivity index (χ0v) is 12.9. The Labute approximate surface area is 118 Å². The molecule has 0 aromatic carbocycles. The Morgan fingerprint density at radius 3 is 2.63 bits per heavy atom. The van der Waals surface area contributed by atoms with Gasteiger partial charge in [-0.15, -0.1) is 0 Å². The summed E-state index contributed by atoms with van der Waals surface area (Å²) in [7, 11) is 0. The van der Waals surface area contributed by atoms with Crippen molar-refractivity contribution in [3.05, 3.63) is 0 Å². The van der Waals surface area contributed by atoms with E-state index in [4.69, 9.17) is 0 Å². The molecule has 2 rings (SSSR count). The monoisotopic (exact) mass is 266 g/mol. The van der Waals surface area contributed by atoms with E-state index in [1.165, 1.54) is 12.8 Å². The molecule has 1 aliphatic carbocycles. The standard InChI is InChI=1S/C16H30N2O/c1-4-16(9-5-10-17-12-16)15(19)18(14-6-7-14)11-8-13(2)3/h13-14,17H,4-12H2,1-3H3. The minimum absolute atomic E-state index is 0.113. The Hall–Kier alpha value is -0.570. The predicted octanol–water partition coefficient (Wildman–Crippen LogP) is 2.80. The molecule has 110 valence electrons. The second-order valence-corrected chi connectivity index (χ2v) is 6.83. The maximum absolute atomic E-state index is 13.0. The van der Waals surface area contributed by atoms with Crippen LogP contribution in [0.5, 0.6) is 0 Å². The van der Waals surface area contributed by atoms with E-state index in [0.717, 1.165) is 45.3 Å². The molecule has 2 fully saturated rings. The van der Waals surface area contributed by atoms with E-state index >= 15 is 0 Å². The molecule has 0 radical (unpaired) electrons. The summed E-state index contributed by atoms with van der Waals surface area (Å²) < 4.78 is 0. The number of carbonyl (C=O) groups is 1. The first-order valence-corrected chi connectivity index (χ1v) is 8.11. The summed E-state index contributed by atoms with van der Waals surface area (Å²) in [5.41, 5.74) is -0.113. The normalized spacial score (nSPS) is 27.6. The van der Waals surface area contributed by atoms with Gasteiger partial charge < -0.3 is 10.2 Å². The largest absolute Gasteiger partial charge is 0.339 e. The fourth-order valence-corrected chi connectivity index (χ4v) is 3.14. The van der Waals surface area contributed by atoms with Gasteiger partial charge in [0.25, 0.3) is 0 Å². The first-order valence-electron chi connectivity index (χ1n) is 8.11. The molecule has 0 bridgehead atoms. The highest BCUT2D eigenvalue weighted by molar-refractivity contribution is 5.83. The molecular weight excluding hydrogens is 236 g/mol. The Balaban J connectivity index is 2.04. The quantitative estimate of drug-likeness (QED) is 0.802. The second-order valence-electron chi connectivity index (χ2n) is 6.83. The van der Waals surface area contributed by atoms with Gasteiger partial charge in [0, 0.05) is 19.1 Å². The van der Waals surface area contributed by atoms with E-state index in [-0.39, 0.29) is 5.41 Å². The van der Waals surface area contributed by atoms with Crippen molar-refractivity contribution in [1.29, 1.82) is 0 Å². The van der Waals surface area contributed by atoms with Crippen molar-refractivity contribution in [3.63, 3.8) is 0 Å². The number of hydrogen-bond acceptors (Lipinski definition) is 2. The summed E-state index contributed by atoms with van der Waals surface area (Å²) >= 11 is 0. The fraction of sp³-hybridized carbons (Fsp3) is 0.938. The average Bonchev–Trinajstić information content (AvgIpc) is 3.24. The Bertz CT molecular complexity index is 304. The van der Waals surface area contributed by atoms with Crippen LogP contribution >= 0.6 is 0 Å². The van der Waals surface area contributed by atoms with E-state index in [1.807, 2.05) is 0 Å². The molecule has 3 heteroatoms. The van der Waals surface area contributed by atoms with Crippen LogP contribution in [0, 0.1) is 11.3 Å². The van der Waals surface area contributed by atoms with Crippen LogP contribution in [0.15, 0.2) is 0 Å². The van der Waals surface area contributed by atoms with Gasteiger partial charge in [-0.05, 0) is 51.0 Å². The SMILES string of the molecule is CCC1(C(=O)N(CCC(C)C)C2CC2)CCCNC1. The van der Waals surface area contributed by atoms with Crippen LogP contribution in [0.4, 0.5) is 0 Å². The molecule has 0 aromatic heterocycles. The molecule has 1 heterocycles. The van der Waals surface area contributed by atoms with Crippen molar-refractivity contribution in [2.75, 3.05) is 19.6 Å². The van der Waals surface area contributed by atoms with E-state index in [2.05, 4.69) is 31.0 Å². The lowest BCUT2D eigenvalue weighted by atomic mass is 9.77. The highest BCUT2D eigenvalue weighted by Crippen LogP contribution is 2.37. The van der Waals surface area contributed by atoms with Crippen molar-refractivity contribution >= 4 is 5.91 Å². The van der Waals surface area contributed by atoms with Crippen LogP contribution in [-0.4, -0.2) is 36.5 Å². The van der Waals surface area contributed by atoms with E-state index in [9.17, 15) is 4.79 Å². The summed E-state index contributed by atoms with van der Waals surface area (Å²) in [5.74, 6) is 1.11. The third kappa shape index (κ3) is 3.50. The molecule has 1 saturated heterocycles. The van der Waals surface area contributed by atoms with Crippen molar-refractivity contribution < 1.29 is 4.79 Å². The van der Waals surface area contributed by atoms with Gasteiger partial charge in [0.2, 0.25) is 5.91 Å². The molecular formula is C16H30N2O. The molecule has 3 nitrogen and oxygen atoms in total. The van der Waals surface area contributed by atoms with Gasteiger partial charge >= 0.3 is 0 Å². The van der Waals surface area contributed by atoms with Gasteiger partial charge in [-0.25, -0.2) is 0 Å². The van der Waals surface area contributed by atoms with Gasteiger partial charge in [0.05, 0.1) is 5.41 Å². The fourth-order valence-electron chi connectivity index (χ4n) is 3.14. The van der Waals surface area contributed by atoms with Gasteiger partial charge in [0.15, 0.2) is 0 Å². The first kappa shape index (κ1) is 14.8. The van der Waals surface area contributed by atoms with Crippen LogP contribution in [0.3, 0.4) is 0 Å². The highest BCUT2D eigenvalue weighted by atomic mass is 16.2. The lowest BCUT2D eigenvalue weighted by Gasteiger charge is -2.40. The van der Waals surface area contributed by atoms with E-state index in [1.54, 1.807) is 0 Å². The lowest BCUT2D eigenvalue weighted by Crippen LogP contribution is -2.52. The number of amides is 1. The summed E-state index contributed by atoms with van der Waals surface area (Å²) in [6, 6.07) is 0.552. The summed E-state index contributed by atoms with van der Waals surface area (Å²) in [6.45, 7) is 9.58. The number of hydrogen-bond donors (Lipinski definition) is 1. The predicted molar refractivity (Wildman–Crippen MR) is 79.0 cm³/mol. The molecule has 0 aromatic rings. The lowest BCUT2D eigenvalue weighted by molar-refractivity contribution is -0.144. The van der Waals surface area contributed by atoms with E-state index < -0.39 is 0 Å². The zero-order valence-electron chi connectivity index (χ0n) is 12.9. The molecule has 1 aliphatic heterocycles.